The van der Waals surface area contributed by atoms with E-state index in [0.29, 0.717) is 21.8 Å². The van der Waals surface area contributed by atoms with Gasteiger partial charge < -0.3 is 38.4 Å². The Morgan fingerprint density at radius 3 is 2.24 bits per heavy atom. The van der Waals surface area contributed by atoms with Gasteiger partial charge >= 0.3 is 25.5 Å². The highest BCUT2D eigenvalue weighted by atomic mass is 32.2. The van der Waals surface area contributed by atoms with Crippen molar-refractivity contribution in [1.82, 2.24) is 9.55 Å². The third-order valence-corrected chi connectivity index (χ3v) is 8.94. The molecule has 1 aromatic heterocycles. The number of phosphoric ester groups is 1. The second kappa shape index (κ2) is 18.1. The minimum absolute atomic E-state index is 0.0966. The van der Waals surface area contributed by atoms with Gasteiger partial charge in [0, 0.05) is 23.6 Å². The number of rotatable bonds is 19. The number of halogens is 1. The Morgan fingerprint density at radius 1 is 1.10 bits per heavy atom. The minimum atomic E-state index is -5.37. The summed E-state index contributed by atoms with van der Waals surface area (Å²) in [6.45, 7) is 1.62. The zero-order chi connectivity index (χ0) is 36.4. The molecule has 3 N–H and O–H groups in total. The zero-order valence-electron chi connectivity index (χ0n) is 27.5. The molecule has 274 valence electrons. The maximum absolute atomic E-state index is 15.5. The Kier molecular flexibility index (Phi) is 14.8. The van der Waals surface area contributed by atoms with Crippen LogP contribution in [0.2, 0.25) is 0 Å². The molecule has 1 aliphatic heterocycles. The second-order valence-corrected chi connectivity index (χ2v) is 12.8. The largest absolute Gasteiger partial charge is 0.496 e. The Morgan fingerprint density at radius 2 is 1.71 bits per heavy atom. The summed E-state index contributed by atoms with van der Waals surface area (Å²) in [5, 5.41) is 9.75. The van der Waals surface area contributed by atoms with Gasteiger partial charge in [0.2, 0.25) is 5.41 Å². The van der Waals surface area contributed by atoms with Crippen LogP contribution in [0, 0.1) is 12.3 Å². The van der Waals surface area contributed by atoms with Gasteiger partial charge in [-0.3, -0.25) is 33.0 Å². The molecule has 3 rings (SSSR count). The number of H-pyrrole nitrogens is 1. The van der Waals surface area contributed by atoms with Gasteiger partial charge in [0.25, 0.3) is 5.56 Å². The number of alkyl halides is 1. The predicted molar refractivity (Wildman–Crippen MR) is 170 cm³/mol. The van der Waals surface area contributed by atoms with E-state index in [2.05, 4.69) is 0 Å². The summed E-state index contributed by atoms with van der Waals surface area (Å²) in [4.78, 5) is 62.6. The molecular formula is C29H40FN2O15PS. The van der Waals surface area contributed by atoms with E-state index in [0.717, 1.165) is 23.4 Å². The fraction of sp³-hybridized carbons (Fsp3) is 0.586. The number of aromatic amines is 1. The average Bonchev–Trinajstić information content (AvgIpc) is 3.36. The molecule has 0 aliphatic carbocycles. The molecular weight excluding hydrogens is 698 g/mol. The molecule has 0 spiro atoms. The average molecular weight is 739 g/mol. The van der Waals surface area contributed by atoms with Gasteiger partial charge in [0.1, 0.15) is 23.7 Å². The van der Waals surface area contributed by atoms with Crippen molar-refractivity contribution >= 4 is 31.5 Å². The van der Waals surface area contributed by atoms with Crippen LogP contribution in [-0.2, 0) is 47.9 Å². The summed E-state index contributed by atoms with van der Waals surface area (Å²) >= 11 is 1.23. The summed E-state index contributed by atoms with van der Waals surface area (Å²) < 4.78 is 71.5. The standard InChI is InChI=1S/C29H40FN2O15PS/c1-6-43-26(35)29(27(36)44-7-2,14-42-16-49-13-18-19(40-4)10-17(3)11-20(18)41-5)15-45-48(38,39)47-24-21(12-33)46-25(23(24)30)32-9-8-22(34)31-28(32)37/h8-11,21,23-25,33H,6-7,12-16H2,1-5H3,(H,38,39)(H,31,34,37)/t21-,23+,24?,25-/m1/s1. The van der Waals surface area contributed by atoms with Crippen LogP contribution in [0.4, 0.5) is 4.39 Å². The number of carbonyl (C=O) groups is 2. The quantitative estimate of drug-likeness (QED) is 0.0613. The number of methoxy groups -OCH3 is 2. The first-order valence-corrected chi connectivity index (χ1v) is 17.5. The van der Waals surface area contributed by atoms with Crippen LogP contribution in [0.25, 0.3) is 0 Å². The van der Waals surface area contributed by atoms with Gasteiger partial charge in [-0.2, -0.15) is 0 Å². The van der Waals surface area contributed by atoms with E-state index in [1.807, 2.05) is 24.0 Å². The molecule has 17 nitrogen and oxygen atoms in total. The van der Waals surface area contributed by atoms with E-state index in [1.54, 1.807) is 0 Å². The summed E-state index contributed by atoms with van der Waals surface area (Å²) in [7, 11) is -2.34. The lowest BCUT2D eigenvalue weighted by atomic mass is 9.90. The number of nitrogens with one attached hydrogen (secondary N) is 1. The SMILES string of the molecule is CCOC(=O)C(COCSCc1c(OC)cc(C)cc1OC)(COP(=O)(O)OC1[C@@H](CO)O[C@@H](n2ccc(=O)[nH]c2=O)[C@H]1F)C(=O)OCC. The third-order valence-electron chi connectivity index (χ3n) is 7.15. The van der Waals surface area contributed by atoms with Crippen molar-refractivity contribution in [3.05, 3.63) is 56.4 Å². The third kappa shape index (κ3) is 9.91. The van der Waals surface area contributed by atoms with Gasteiger partial charge in [-0.05, 0) is 38.5 Å². The van der Waals surface area contributed by atoms with E-state index >= 15 is 4.39 Å². The number of hydrogen-bond donors (Lipinski definition) is 3. The van der Waals surface area contributed by atoms with Crippen molar-refractivity contribution in [2.45, 2.75) is 51.1 Å². The lowest BCUT2D eigenvalue weighted by Crippen LogP contribution is -2.49. The maximum Gasteiger partial charge on any atom is 0.472 e. The second-order valence-electron chi connectivity index (χ2n) is 10.5. The first-order chi connectivity index (χ1) is 23.3. The van der Waals surface area contributed by atoms with E-state index in [-0.39, 0.29) is 19.2 Å². The molecule has 0 bridgehead atoms. The van der Waals surface area contributed by atoms with Crippen molar-refractivity contribution in [3.8, 4) is 11.5 Å². The molecule has 2 heterocycles. The molecule has 2 aromatic rings. The van der Waals surface area contributed by atoms with E-state index < -0.39 is 80.9 Å². The van der Waals surface area contributed by atoms with Crippen LogP contribution in [-0.4, -0.2) is 103 Å². The topological polar surface area (TPSA) is 220 Å². The Labute approximate surface area is 284 Å². The molecule has 0 saturated carbocycles. The van der Waals surface area contributed by atoms with E-state index in [1.165, 1.54) is 39.8 Å². The number of esters is 2. The van der Waals surface area contributed by atoms with Gasteiger partial charge in [0.15, 0.2) is 12.4 Å². The van der Waals surface area contributed by atoms with Crippen molar-refractivity contribution in [1.29, 1.82) is 0 Å². The molecule has 0 amide bonds. The molecule has 20 heteroatoms. The summed E-state index contributed by atoms with van der Waals surface area (Å²) in [5.41, 5.74) is -2.61. The Balaban J connectivity index is 1.78. The molecule has 1 aromatic carbocycles. The van der Waals surface area contributed by atoms with Crippen molar-refractivity contribution in [2.24, 2.45) is 5.41 Å². The normalized spacial score (nSPS) is 20.4. The number of aromatic nitrogens is 2. The van der Waals surface area contributed by atoms with E-state index in [4.69, 9.17) is 37.5 Å². The number of aliphatic hydroxyl groups is 1. The van der Waals surface area contributed by atoms with Crippen LogP contribution in [0.5, 0.6) is 11.5 Å². The summed E-state index contributed by atoms with van der Waals surface area (Å²) in [5.74, 6) is -1.00. The highest BCUT2D eigenvalue weighted by molar-refractivity contribution is 7.98. The van der Waals surface area contributed by atoms with E-state index in [9.17, 15) is 33.7 Å². The molecule has 1 saturated heterocycles. The summed E-state index contributed by atoms with van der Waals surface area (Å²) in [6.07, 6.45) is -6.73. The van der Waals surface area contributed by atoms with Crippen LogP contribution in [0.1, 0.15) is 31.2 Å². The molecule has 5 atom stereocenters. The van der Waals surface area contributed by atoms with Gasteiger partial charge in [-0.15, -0.1) is 11.8 Å². The number of phosphoric acid groups is 1. The molecule has 0 radical (unpaired) electrons. The van der Waals surface area contributed by atoms with Crippen molar-refractivity contribution < 1.29 is 66.0 Å². The predicted octanol–water partition coefficient (Wildman–Crippen LogP) is 1.61. The fourth-order valence-electron chi connectivity index (χ4n) is 4.77. The number of carbonyl (C=O) groups excluding carboxylic acids is 2. The highest BCUT2D eigenvalue weighted by Crippen LogP contribution is 2.50. The maximum atomic E-state index is 15.5. The van der Waals surface area contributed by atoms with Gasteiger partial charge in [-0.1, -0.05) is 0 Å². The highest BCUT2D eigenvalue weighted by Gasteiger charge is 2.54. The number of aryl methyl sites for hydroxylation is 1. The minimum Gasteiger partial charge on any atom is -0.496 e. The first-order valence-electron chi connectivity index (χ1n) is 14.9. The Hall–Kier alpha value is -3.29. The number of thioether (sulfide) groups is 1. The first kappa shape index (κ1) is 40.1. The molecule has 49 heavy (non-hydrogen) atoms. The number of benzene rings is 1. The number of nitrogens with zero attached hydrogens (tertiary/aromatic N) is 1. The van der Waals surface area contributed by atoms with Gasteiger partial charge in [-0.25, -0.2) is 13.8 Å². The molecule has 1 fully saturated rings. The van der Waals surface area contributed by atoms with Crippen molar-refractivity contribution in [2.75, 3.05) is 53.2 Å². The van der Waals surface area contributed by atoms with Crippen LogP contribution < -0.4 is 20.7 Å². The number of hydrogen-bond acceptors (Lipinski definition) is 15. The van der Waals surface area contributed by atoms with Crippen molar-refractivity contribution in [3.63, 3.8) is 0 Å². The fourth-order valence-corrected chi connectivity index (χ4v) is 6.55. The zero-order valence-corrected chi connectivity index (χ0v) is 29.2. The number of aliphatic hydroxyl groups excluding tert-OH is 1. The van der Waals surface area contributed by atoms with Crippen LogP contribution in [0.15, 0.2) is 34.0 Å². The van der Waals surface area contributed by atoms with Gasteiger partial charge in [0.05, 0.1) is 53.2 Å². The monoisotopic (exact) mass is 738 g/mol. The molecule has 2 unspecified atom stereocenters. The van der Waals surface area contributed by atoms with Crippen LogP contribution >= 0.6 is 19.6 Å². The summed E-state index contributed by atoms with van der Waals surface area (Å²) in [6, 6.07) is 4.57. The lowest BCUT2D eigenvalue weighted by molar-refractivity contribution is -0.179. The lowest BCUT2D eigenvalue weighted by Gasteiger charge is -2.29. The van der Waals surface area contributed by atoms with Crippen LogP contribution in [0.3, 0.4) is 0 Å². The molecule has 1 aliphatic rings. The smallest absolute Gasteiger partial charge is 0.472 e. The Bertz CT molecular complexity index is 1560. The number of ether oxygens (including phenoxy) is 6.